The average Bonchev–Trinajstić information content (AvgIpc) is 3.59. The molecule has 9 heteroatoms. The first-order valence-electron chi connectivity index (χ1n) is 13.8. The number of aromatic nitrogens is 4. The number of hydrogen-bond donors (Lipinski definition) is 2. The molecule has 0 amide bonds. The van der Waals surface area contributed by atoms with Crippen molar-refractivity contribution in [3.05, 3.63) is 88.5 Å². The van der Waals surface area contributed by atoms with E-state index in [1.807, 2.05) is 52.0 Å². The van der Waals surface area contributed by atoms with Gasteiger partial charge in [0.1, 0.15) is 0 Å². The number of fused-ring (bicyclic) bond motifs is 8. The van der Waals surface area contributed by atoms with E-state index in [1.54, 1.807) is 12.2 Å². The van der Waals surface area contributed by atoms with Crippen LogP contribution in [-0.2, 0) is 37.1 Å². The molecule has 0 unspecified atom stereocenters. The minimum atomic E-state index is -0.898. The van der Waals surface area contributed by atoms with Gasteiger partial charge < -0.3 is 20.2 Å². The van der Waals surface area contributed by atoms with E-state index in [0.29, 0.717) is 41.0 Å². The van der Waals surface area contributed by atoms with Crippen LogP contribution in [0.25, 0.3) is 50.4 Å². The number of nitrogens with zero attached hydrogens (tertiary/aromatic N) is 4. The minimum absolute atomic E-state index is 0. The summed E-state index contributed by atoms with van der Waals surface area (Å²) in [5, 5.41) is 18.9. The van der Waals surface area contributed by atoms with Crippen LogP contribution in [0.4, 0.5) is 0 Å². The van der Waals surface area contributed by atoms with Crippen LogP contribution in [0.15, 0.2) is 43.5 Å². The molecule has 8 nitrogen and oxygen atoms in total. The van der Waals surface area contributed by atoms with Crippen molar-refractivity contribution in [1.82, 2.24) is 19.9 Å². The van der Waals surface area contributed by atoms with Gasteiger partial charge in [-0.15, -0.1) is 22.1 Å². The van der Waals surface area contributed by atoms with E-state index in [-0.39, 0.29) is 33.9 Å². The molecule has 222 valence electrons. The van der Waals surface area contributed by atoms with E-state index in [2.05, 4.69) is 13.2 Å². The monoisotopic (exact) mass is 755 g/mol. The number of carboxylic acids is 2. The Balaban J connectivity index is 0.00000423. The van der Waals surface area contributed by atoms with E-state index in [9.17, 15) is 19.8 Å². The standard InChI is InChI=1S/C34H34N4O4.Pt/c1-7-21-17(3)25-13-26-19(5)23(9-11-33(39)40)31(37-26)16-32-24(10-12-34(41)42)20(6)28(38-32)15-30-22(8-2)18(4)27(36-30)14-29(21)35-25;/h7-8,13-16H,1-2,9-12H2,3-6H3,(H4,35,36,37,38,39,40,41,42);/q;+2/p-2. The summed E-state index contributed by atoms with van der Waals surface area (Å²) in [5.41, 5.74) is 12.6. The predicted molar refractivity (Wildman–Crippen MR) is 167 cm³/mol. The van der Waals surface area contributed by atoms with Gasteiger partial charge in [0, 0.05) is 18.4 Å². The molecule has 0 aromatic carbocycles. The molecule has 43 heavy (non-hydrogen) atoms. The minimum Gasteiger partial charge on any atom is -0.657 e. The fourth-order valence-electron chi connectivity index (χ4n) is 5.61. The Morgan fingerprint density at radius 3 is 1.91 bits per heavy atom. The maximum atomic E-state index is 11.5. The first-order valence-corrected chi connectivity index (χ1v) is 13.8. The molecule has 5 heterocycles. The van der Waals surface area contributed by atoms with Gasteiger partial charge >= 0.3 is 33.0 Å². The summed E-state index contributed by atoms with van der Waals surface area (Å²) in [6, 6.07) is 7.62. The van der Waals surface area contributed by atoms with Crippen molar-refractivity contribution in [2.24, 2.45) is 0 Å². The molecule has 2 aliphatic rings. The van der Waals surface area contributed by atoms with Crippen LogP contribution in [0, 0.1) is 13.8 Å². The van der Waals surface area contributed by atoms with Crippen LogP contribution >= 0.6 is 0 Å². The maximum Gasteiger partial charge on any atom is 2.00 e. The molecule has 0 aliphatic carbocycles. The smallest absolute Gasteiger partial charge is 0.657 e. The van der Waals surface area contributed by atoms with Gasteiger partial charge in [-0.25, -0.2) is 9.97 Å². The van der Waals surface area contributed by atoms with Gasteiger partial charge in [0.15, 0.2) is 0 Å². The van der Waals surface area contributed by atoms with Crippen LogP contribution < -0.4 is 9.97 Å². The molecule has 2 aliphatic heterocycles. The molecule has 0 spiro atoms. The summed E-state index contributed by atoms with van der Waals surface area (Å²) < 4.78 is 0. The topological polar surface area (TPSA) is 129 Å². The SMILES string of the molecule is C=CC1=C(C)c2cc3[n-]c(cc4nc(cc5[n-]c(cc1n2)c(C)c5CCC(=O)O)C(CCC(=O)O)=C4C)c(C)c3C=C.[Pt+2]. The first kappa shape index (κ1) is 31.6. The quantitative estimate of drug-likeness (QED) is 0.258. The van der Waals surface area contributed by atoms with Gasteiger partial charge in [-0.3, -0.25) is 9.59 Å². The number of carbonyl (C=O) groups is 2. The fraction of sp³-hybridized carbons (Fsp3) is 0.235. The van der Waals surface area contributed by atoms with Gasteiger partial charge in [0.25, 0.3) is 0 Å². The number of carboxylic acid groups (broad SMARTS) is 2. The second-order valence-electron chi connectivity index (χ2n) is 10.6. The molecule has 0 radical (unpaired) electrons. The third-order valence-electron chi connectivity index (χ3n) is 8.06. The molecule has 3 aromatic heterocycles. The van der Waals surface area contributed by atoms with Crippen molar-refractivity contribution in [1.29, 1.82) is 0 Å². The van der Waals surface area contributed by atoms with Crippen LogP contribution in [0.5, 0.6) is 0 Å². The van der Waals surface area contributed by atoms with E-state index < -0.39 is 11.9 Å². The summed E-state index contributed by atoms with van der Waals surface area (Å²) in [7, 11) is 0. The molecular weight excluding hydrogens is 723 g/mol. The number of rotatable bonds is 8. The van der Waals surface area contributed by atoms with Crippen molar-refractivity contribution in [3.8, 4) is 0 Å². The van der Waals surface area contributed by atoms with E-state index in [4.69, 9.17) is 19.9 Å². The largest absolute Gasteiger partial charge is 2.00 e. The predicted octanol–water partition coefficient (Wildman–Crippen LogP) is 6.76. The summed E-state index contributed by atoms with van der Waals surface area (Å²) in [5.74, 6) is -1.80. The third kappa shape index (κ3) is 5.97. The van der Waals surface area contributed by atoms with Gasteiger partial charge in [0.2, 0.25) is 0 Å². The normalized spacial score (nSPS) is 12.7. The molecule has 0 atom stereocenters. The third-order valence-corrected chi connectivity index (χ3v) is 8.06. The second kappa shape index (κ2) is 12.5. The van der Waals surface area contributed by atoms with Gasteiger partial charge in [-0.1, -0.05) is 66.3 Å². The van der Waals surface area contributed by atoms with Crippen molar-refractivity contribution >= 4 is 62.4 Å². The fourth-order valence-corrected chi connectivity index (χ4v) is 5.61. The maximum absolute atomic E-state index is 11.5. The van der Waals surface area contributed by atoms with Crippen LogP contribution in [0.3, 0.4) is 0 Å². The van der Waals surface area contributed by atoms with Crippen molar-refractivity contribution in [3.63, 3.8) is 0 Å². The molecule has 8 bridgehead atoms. The van der Waals surface area contributed by atoms with Crippen LogP contribution in [0.1, 0.15) is 78.1 Å². The molecule has 5 rings (SSSR count). The van der Waals surface area contributed by atoms with Crippen molar-refractivity contribution in [2.75, 3.05) is 0 Å². The number of aliphatic carboxylic acids is 2. The van der Waals surface area contributed by atoms with E-state index >= 15 is 0 Å². The molecule has 3 aromatic rings. The second-order valence-corrected chi connectivity index (χ2v) is 10.6. The molecule has 0 saturated carbocycles. The number of allylic oxidation sites excluding steroid dienone is 5. The van der Waals surface area contributed by atoms with Gasteiger partial charge in [0.05, 0.1) is 22.8 Å². The molecular formula is C34H32N4O4Pt. The van der Waals surface area contributed by atoms with Crippen LogP contribution in [-0.4, -0.2) is 32.1 Å². The van der Waals surface area contributed by atoms with Crippen molar-refractivity contribution < 1.29 is 40.9 Å². The number of aryl methyl sites for hydroxylation is 3. The van der Waals surface area contributed by atoms with Gasteiger partial charge in [-0.2, -0.15) is 0 Å². The Morgan fingerprint density at radius 2 is 1.26 bits per heavy atom. The molecule has 0 saturated heterocycles. The van der Waals surface area contributed by atoms with E-state index in [1.165, 1.54) is 0 Å². The molecule has 0 fully saturated rings. The molecule has 2 N–H and O–H groups in total. The average molecular weight is 756 g/mol. The van der Waals surface area contributed by atoms with Crippen molar-refractivity contribution in [2.45, 2.75) is 53.4 Å². The summed E-state index contributed by atoms with van der Waals surface area (Å²) in [6.07, 6.45) is 4.06. The van der Waals surface area contributed by atoms with E-state index in [0.717, 1.165) is 61.3 Å². The summed E-state index contributed by atoms with van der Waals surface area (Å²) >= 11 is 0. The Hall–Kier alpha value is -4.29. The number of hydrogen-bond acceptors (Lipinski definition) is 4. The zero-order valence-electron chi connectivity index (χ0n) is 24.5. The zero-order chi connectivity index (χ0) is 30.3. The van der Waals surface area contributed by atoms with Crippen LogP contribution in [0.2, 0.25) is 0 Å². The summed E-state index contributed by atoms with van der Waals surface area (Å²) in [6.45, 7) is 15.9. The first-order chi connectivity index (χ1) is 20.0. The Kier molecular flexibility index (Phi) is 9.21. The summed E-state index contributed by atoms with van der Waals surface area (Å²) in [4.78, 5) is 42.7. The zero-order valence-corrected chi connectivity index (χ0v) is 26.8. The van der Waals surface area contributed by atoms with Gasteiger partial charge in [-0.05, 0) is 62.8 Å². The Morgan fingerprint density at radius 1 is 0.721 bits per heavy atom. The Bertz CT molecular complexity index is 1920. The Labute approximate surface area is 264 Å².